The minimum Gasteiger partial charge on any atom is -0.481 e. The van der Waals surface area contributed by atoms with Crippen LogP contribution in [0, 0.1) is 11.8 Å². The van der Waals surface area contributed by atoms with Gasteiger partial charge in [-0.05, 0) is 17.7 Å². The molecule has 0 bridgehead atoms. The molecule has 0 saturated carbocycles. The summed E-state index contributed by atoms with van der Waals surface area (Å²) in [6, 6.07) is 5.49. The van der Waals surface area contributed by atoms with Crippen LogP contribution in [0.25, 0.3) is 0 Å². The second kappa shape index (κ2) is 8.51. The van der Waals surface area contributed by atoms with Gasteiger partial charge in [0.05, 0.1) is 18.4 Å². The van der Waals surface area contributed by atoms with Crippen molar-refractivity contribution in [2.24, 2.45) is 11.8 Å². The minimum absolute atomic E-state index is 0.0344. The van der Waals surface area contributed by atoms with Gasteiger partial charge in [-0.2, -0.15) is 22.0 Å². The summed E-state index contributed by atoms with van der Waals surface area (Å²) in [5.74, 6) is -5.80. The molecule has 1 aliphatic rings. The first-order chi connectivity index (χ1) is 12.6. The Morgan fingerprint density at radius 3 is 2.33 bits per heavy atom. The van der Waals surface area contributed by atoms with Gasteiger partial charge in [-0.15, -0.1) is 0 Å². The summed E-state index contributed by atoms with van der Waals surface area (Å²) in [6.45, 7) is -4.22. The van der Waals surface area contributed by atoms with Crippen molar-refractivity contribution in [1.29, 1.82) is 0 Å². The number of nitrogens with zero attached hydrogens (tertiary/aromatic N) is 1. The fraction of sp³-hybridized carbons (Fsp3) is 0.500. The number of halogens is 5. The number of carboxylic acids is 1. The van der Waals surface area contributed by atoms with E-state index in [1.54, 1.807) is 0 Å². The highest BCUT2D eigenvalue weighted by atomic mass is 19.4. The SMILES string of the molecule is O=C(CN1C[C@@H](C(F)(F)F)[C@H](C(=O)O)C1)NCc1ccc(OC(F)F)cc1. The number of carbonyl (C=O) groups is 2. The van der Waals surface area contributed by atoms with Crippen molar-refractivity contribution in [3.8, 4) is 5.75 Å². The van der Waals surface area contributed by atoms with Crippen molar-refractivity contribution in [2.75, 3.05) is 19.6 Å². The molecule has 2 atom stereocenters. The molecule has 2 N–H and O–H groups in total. The molecule has 1 aromatic rings. The number of nitrogens with one attached hydrogen (secondary N) is 1. The highest BCUT2D eigenvalue weighted by Gasteiger charge is 2.52. The molecule has 6 nitrogen and oxygen atoms in total. The third-order valence-corrected chi connectivity index (χ3v) is 4.14. The van der Waals surface area contributed by atoms with Gasteiger partial charge in [0.15, 0.2) is 0 Å². The van der Waals surface area contributed by atoms with E-state index in [-0.39, 0.29) is 25.4 Å². The minimum atomic E-state index is -4.66. The molecule has 0 unspecified atom stereocenters. The lowest BCUT2D eigenvalue weighted by Gasteiger charge is -2.18. The first-order valence-electron chi connectivity index (χ1n) is 7.88. The number of rotatable bonds is 7. The Bertz CT molecular complexity index is 666. The normalized spacial score (nSPS) is 20.7. The van der Waals surface area contributed by atoms with E-state index in [1.165, 1.54) is 24.3 Å². The molecule has 11 heteroatoms. The molecule has 0 radical (unpaired) electrons. The van der Waals surface area contributed by atoms with Crippen molar-refractivity contribution in [2.45, 2.75) is 19.3 Å². The molecular weight excluding hydrogens is 379 g/mol. The molecule has 1 fully saturated rings. The summed E-state index contributed by atoms with van der Waals surface area (Å²) in [5.41, 5.74) is 0.572. The second-order valence-corrected chi connectivity index (χ2v) is 6.09. The Hall–Kier alpha value is -2.43. The molecule has 0 spiro atoms. The maximum absolute atomic E-state index is 12.9. The summed E-state index contributed by atoms with van der Waals surface area (Å²) in [5, 5.41) is 11.4. The molecular formula is C16H17F5N2O4. The number of hydrogen-bond acceptors (Lipinski definition) is 4. The van der Waals surface area contributed by atoms with E-state index in [2.05, 4.69) is 10.1 Å². The fourth-order valence-corrected chi connectivity index (χ4v) is 2.84. The summed E-state index contributed by atoms with van der Waals surface area (Å²) < 4.78 is 67.0. The smallest absolute Gasteiger partial charge is 0.393 e. The number of carboxylic acid groups (broad SMARTS) is 1. The molecule has 0 aliphatic carbocycles. The van der Waals surface area contributed by atoms with E-state index in [9.17, 15) is 31.5 Å². The number of alkyl halides is 5. The third-order valence-electron chi connectivity index (χ3n) is 4.14. The second-order valence-electron chi connectivity index (χ2n) is 6.09. The van der Waals surface area contributed by atoms with Crippen LogP contribution in [0.4, 0.5) is 22.0 Å². The number of aliphatic carboxylic acids is 1. The van der Waals surface area contributed by atoms with Gasteiger partial charge in [0, 0.05) is 19.6 Å². The monoisotopic (exact) mass is 396 g/mol. The maximum atomic E-state index is 12.9. The predicted octanol–water partition coefficient (Wildman–Crippen LogP) is 2.10. The van der Waals surface area contributed by atoms with Crippen LogP contribution in [0.5, 0.6) is 5.75 Å². The summed E-state index contributed by atoms with van der Waals surface area (Å²) in [7, 11) is 0. The number of hydrogen-bond donors (Lipinski definition) is 2. The fourth-order valence-electron chi connectivity index (χ4n) is 2.84. The molecule has 2 rings (SSSR count). The quantitative estimate of drug-likeness (QED) is 0.691. The first kappa shape index (κ1) is 20.9. The topological polar surface area (TPSA) is 78.9 Å². The lowest BCUT2D eigenvalue weighted by molar-refractivity contribution is -0.188. The summed E-state index contributed by atoms with van der Waals surface area (Å²) in [6.07, 6.45) is -4.66. The zero-order chi connectivity index (χ0) is 20.2. The lowest BCUT2D eigenvalue weighted by atomic mass is 9.96. The van der Waals surface area contributed by atoms with Crippen LogP contribution in [0.15, 0.2) is 24.3 Å². The maximum Gasteiger partial charge on any atom is 0.393 e. The van der Waals surface area contributed by atoms with E-state index < -0.39 is 43.0 Å². The number of likely N-dealkylation sites (tertiary alicyclic amines) is 1. The van der Waals surface area contributed by atoms with Gasteiger partial charge in [0.25, 0.3) is 0 Å². The Balaban J connectivity index is 1.84. The van der Waals surface area contributed by atoms with Gasteiger partial charge in [-0.1, -0.05) is 12.1 Å². The molecule has 1 amide bonds. The van der Waals surface area contributed by atoms with Gasteiger partial charge < -0.3 is 15.2 Å². The first-order valence-corrected chi connectivity index (χ1v) is 7.88. The Morgan fingerprint density at radius 2 is 1.85 bits per heavy atom. The lowest BCUT2D eigenvalue weighted by Crippen LogP contribution is -2.36. The molecule has 27 heavy (non-hydrogen) atoms. The highest BCUT2D eigenvalue weighted by Crippen LogP contribution is 2.37. The van der Waals surface area contributed by atoms with Crippen LogP contribution >= 0.6 is 0 Å². The van der Waals surface area contributed by atoms with E-state index in [0.29, 0.717) is 5.56 Å². The van der Waals surface area contributed by atoms with E-state index in [0.717, 1.165) is 4.90 Å². The highest BCUT2D eigenvalue weighted by molar-refractivity contribution is 5.78. The van der Waals surface area contributed by atoms with E-state index >= 15 is 0 Å². The third kappa shape index (κ3) is 6.05. The van der Waals surface area contributed by atoms with Gasteiger partial charge in [0.1, 0.15) is 5.75 Å². The molecule has 1 saturated heterocycles. The largest absolute Gasteiger partial charge is 0.481 e. The van der Waals surface area contributed by atoms with Crippen LogP contribution in [0.1, 0.15) is 5.56 Å². The molecule has 0 aromatic heterocycles. The van der Waals surface area contributed by atoms with E-state index in [1.807, 2.05) is 0 Å². The number of ether oxygens (including phenoxy) is 1. The Morgan fingerprint density at radius 1 is 1.22 bits per heavy atom. The van der Waals surface area contributed by atoms with Crippen LogP contribution in [-0.2, 0) is 16.1 Å². The van der Waals surface area contributed by atoms with Gasteiger partial charge in [0.2, 0.25) is 5.91 Å². The van der Waals surface area contributed by atoms with Gasteiger partial charge in [-0.25, -0.2) is 0 Å². The zero-order valence-corrected chi connectivity index (χ0v) is 13.9. The van der Waals surface area contributed by atoms with Crippen molar-refractivity contribution in [3.63, 3.8) is 0 Å². The summed E-state index contributed by atoms with van der Waals surface area (Å²) in [4.78, 5) is 24.1. The molecule has 150 valence electrons. The average molecular weight is 396 g/mol. The van der Waals surface area contributed by atoms with Crippen LogP contribution < -0.4 is 10.1 Å². The molecule has 1 aliphatic heterocycles. The van der Waals surface area contributed by atoms with Crippen molar-refractivity contribution in [1.82, 2.24) is 10.2 Å². The van der Waals surface area contributed by atoms with Crippen molar-refractivity contribution < 1.29 is 41.4 Å². The number of amides is 1. The zero-order valence-electron chi connectivity index (χ0n) is 13.9. The standard InChI is InChI=1S/C16H17F5N2O4/c17-15(18)27-10-3-1-9(2-4-10)5-22-13(24)8-23-6-11(14(25)26)12(7-23)16(19,20)21/h1-4,11-12,15H,5-8H2,(H,22,24)(H,25,26)/t11-,12-/m1/s1. The van der Waals surface area contributed by atoms with Crippen LogP contribution in [-0.4, -0.2) is 54.3 Å². The Kier molecular flexibility index (Phi) is 6.58. The Labute approximate surface area is 150 Å². The van der Waals surface area contributed by atoms with Gasteiger partial charge in [-0.3, -0.25) is 14.5 Å². The van der Waals surface area contributed by atoms with E-state index in [4.69, 9.17) is 5.11 Å². The van der Waals surface area contributed by atoms with Crippen molar-refractivity contribution in [3.05, 3.63) is 29.8 Å². The van der Waals surface area contributed by atoms with Gasteiger partial charge >= 0.3 is 18.8 Å². The van der Waals surface area contributed by atoms with Crippen LogP contribution in [0.2, 0.25) is 0 Å². The van der Waals surface area contributed by atoms with Crippen molar-refractivity contribution >= 4 is 11.9 Å². The van der Waals surface area contributed by atoms with Crippen LogP contribution in [0.3, 0.4) is 0 Å². The summed E-state index contributed by atoms with van der Waals surface area (Å²) >= 11 is 0. The predicted molar refractivity (Wildman–Crippen MR) is 82.0 cm³/mol. The average Bonchev–Trinajstić information content (AvgIpc) is 2.98. The molecule has 1 aromatic carbocycles. The number of benzene rings is 1. The number of carbonyl (C=O) groups excluding carboxylic acids is 1. The molecule has 1 heterocycles.